The van der Waals surface area contributed by atoms with Crippen molar-refractivity contribution in [1.29, 1.82) is 0 Å². The highest BCUT2D eigenvalue weighted by Crippen LogP contribution is 2.29. The maximum Gasteiger partial charge on any atom is 0.292 e. The molecule has 0 spiro atoms. The van der Waals surface area contributed by atoms with E-state index in [9.17, 15) is 10.1 Å². The van der Waals surface area contributed by atoms with E-state index in [0.717, 1.165) is 26.2 Å². The van der Waals surface area contributed by atoms with Crippen LogP contribution in [-0.2, 0) is 6.61 Å². The van der Waals surface area contributed by atoms with Gasteiger partial charge in [-0.05, 0) is 11.6 Å². The zero-order valence-electron chi connectivity index (χ0n) is 9.43. The standard InChI is InChI=1S/C11H15N3O3/c15-8-9-1-2-10(11(7-9)14(16)17)13-5-3-12-4-6-13/h1-2,7,12,15H,3-6,8H2. The smallest absolute Gasteiger partial charge is 0.292 e. The van der Waals surface area contributed by atoms with E-state index in [2.05, 4.69) is 5.32 Å². The third kappa shape index (κ3) is 2.54. The quantitative estimate of drug-likeness (QED) is 0.591. The molecule has 2 N–H and O–H groups in total. The average Bonchev–Trinajstić information content (AvgIpc) is 2.39. The molecule has 0 radical (unpaired) electrons. The number of anilines is 1. The predicted octanol–water partition coefficient (Wildman–Crippen LogP) is 0.497. The summed E-state index contributed by atoms with van der Waals surface area (Å²) in [7, 11) is 0. The van der Waals surface area contributed by atoms with Crippen LogP contribution in [0.25, 0.3) is 0 Å². The second-order valence-corrected chi connectivity index (χ2v) is 3.98. The largest absolute Gasteiger partial charge is 0.392 e. The van der Waals surface area contributed by atoms with Crippen LogP contribution in [0.3, 0.4) is 0 Å². The fourth-order valence-electron chi connectivity index (χ4n) is 1.99. The lowest BCUT2D eigenvalue weighted by Crippen LogP contribution is -2.43. The molecule has 0 bridgehead atoms. The van der Waals surface area contributed by atoms with Crippen molar-refractivity contribution in [2.75, 3.05) is 31.1 Å². The topological polar surface area (TPSA) is 78.6 Å². The minimum atomic E-state index is -0.392. The highest BCUT2D eigenvalue weighted by Gasteiger charge is 2.21. The van der Waals surface area contributed by atoms with Gasteiger partial charge >= 0.3 is 0 Å². The molecule has 1 aliphatic rings. The lowest BCUT2D eigenvalue weighted by atomic mass is 10.1. The first kappa shape index (κ1) is 11.8. The minimum Gasteiger partial charge on any atom is -0.392 e. The molecule has 0 saturated carbocycles. The Bertz CT molecular complexity index is 416. The molecule has 0 aromatic heterocycles. The van der Waals surface area contributed by atoms with Gasteiger partial charge in [0.15, 0.2) is 0 Å². The zero-order chi connectivity index (χ0) is 12.3. The number of aliphatic hydroxyl groups excluding tert-OH is 1. The summed E-state index contributed by atoms with van der Waals surface area (Å²) in [6, 6.07) is 4.89. The molecule has 0 atom stereocenters. The van der Waals surface area contributed by atoms with Gasteiger partial charge in [0.25, 0.3) is 5.69 Å². The SMILES string of the molecule is O=[N+]([O-])c1cc(CO)ccc1N1CCNCC1. The molecule has 17 heavy (non-hydrogen) atoms. The first-order valence-electron chi connectivity index (χ1n) is 5.56. The lowest BCUT2D eigenvalue weighted by molar-refractivity contribution is -0.384. The Morgan fingerprint density at radius 3 is 2.71 bits per heavy atom. The van der Waals surface area contributed by atoms with Crippen molar-refractivity contribution >= 4 is 11.4 Å². The zero-order valence-corrected chi connectivity index (χ0v) is 9.43. The molecule has 0 amide bonds. The number of benzene rings is 1. The fraction of sp³-hybridized carbons (Fsp3) is 0.455. The van der Waals surface area contributed by atoms with Gasteiger partial charge in [0.2, 0.25) is 0 Å². The van der Waals surface area contributed by atoms with Gasteiger partial charge in [-0.1, -0.05) is 6.07 Å². The van der Waals surface area contributed by atoms with Gasteiger partial charge in [-0.15, -0.1) is 0 Å². The van der Waals surface area contributed by atoms with E-state index in [1.165, 1.54) is 6.07 Å². The number of hydrogen-bond acceptors (Lipinski definition) is 5. The molecule has 1 aliphatic heterocycles. The molecule has 1 aromatic carbocycles. The molecule has 0 unspecified atom stereocenters. The van der Waals surface area contributed by atoms with E-state index in [0.29, 0.717) is 11.3 Å². The van der Waals surface area contributed by atoms with Crippen molar-refractivity contribution < 1.29 is 10.0 Å². The van der Waals surface area contributed by atoms with Crippen molar-refractivity contribution in [3.05, 3.63) is 33.9 Å². The molecule has 1 saturated heterocycles. The maximum absolute atomic E-state index is 11.0. The summed E-state index contributed by atoms with van der Waals surface area (Å²) in [6.45, 7) is 3.01. The van der Waals surface area contributed by atoms with Crippen LogP contribution in [0.4, 0.5) is 11.4 Å². The van der Waals surface area contributed by atoms with Gasteiger partial charge in [-0.2, -0.15) is 0 Å². The van der Waals surface area contributed by atoms with E-state index < -0.39 is 4.92 Å². The molecule has 2 rings (SSSR count). The van der Waals surface area contributed by atoms with E-state index in [1.54, 1.807) is 12.1 Å². The first-order chi connectivity index (χ1) is 8.22. The minimum absolute atomic E-state index is 0.0680. The summed E-state index contributed by atoms with van der Waals surface area (Å²) in [5.74, 6) is 0. The van der Waals surface area contributed by atoms with Gasteiger partial charge in [0.05, 0.1) is 11.5 Å². The summed E-state index contributed by atoms with van der Waals surface area (Å²) in [4.78, 5) is 12.6. The van der Waals surface area contributed by atoms with Crippen LogP contribution in [0.5, 0.6) is 0 Å². The van der Waals surface area contributed by atoms with Crippen molar-refractivity contribution in [2.45, 2.75) is 6.61 Å². The normalized spacial score (nSPS) is 15.9. The molecule has 6 heteroatoms. The van der Waals surface area contributed by atoms with Gasteiger partial charge in [-0.25, -0.2) is 0 Å². The summed E-state index contributed by atoms with van der Waals surface area (Å²) >= 11 is 0. The number of rotatable bonds is 3. The molecular formula is C11H15N3O3. The average molecular weight is 237 g/mol. The van der Waals surface area contributed by atoms with Crippen molar-refractivity contribution in [3.63, 3.8) is 0 Å². The Kier molecular flexibility index (Phi) is 3.55. The summed E-state index contributed by atoms with van der Waals surface area (Å²) in [5.41, 5.74) is 1.27. The Labute approximate surface area is 99.0 Å². The Balaban J connectivity index is 2.34. The number of nitro benzene ring substituents is 1. The third-order valence-electron chi connectivity index (χ3n) is 2.88. The van der Waals surface area contributed by atoms with E-state index in [-0.39, 0.29) is 12.3 Å². The van der Waals surface area contributed by atoms with E-state index in [1.807, 2.05) is 4.90 Å². The third-order valence-corrected chi connectivity index (χ3v) is 2.88. The monoisotopic (exact) mass is 237 g/mol. The van der Waals surface area contributed by atoms with E-state index in [4.69, 9.17) is 5.11 Å². The Morgan fingerprint density at radius 2 is 2.12 bits per heavy atom. The van der Waals surface area contributed by atoms with Crippen LogP contribution in [0.2, 0.25) is 0 Å². The highest BCUT2D eigenvalue weighted by atomic mass is 16.6. The molecule has 0 aliphatic carbocycles. The number of hydrogen-bond donors (Lipinski definition) is 2. The first-order valence-corrected chi connectivity index (χ1v) is 5.56. The van der Waals surface area contributed by atoms with Crippen LogP contribution >= 0.6 is 0 Å². The predicted molar refractivity (Wildman–Crippen MR) is 64.1 cm³/mol. The van der Waals surface area contributed by atoms with Gasteiger partial charge in [-0.3, -0.25) is 10.1 Å². The lowest BCUT2D eigenvalue weighted by Gasteiger charge is -2.29. The van der Waals surface area contributed by atoms with Crippen molar-refractivity contribution in [1.82, 2.24) is 5.32 Å². The summed E-state index contributed by atoms with van der Waals surface area (Å²) < 4.78 is 0. The molecule has 1 aromatic rings. The van der Waals surface area contributed by atoms with Gasteiger partial charge in [0, 0.05) is 32.2 Å². The van der Waals surface area contributed by atoms with Crippen LogP contribution in [-0.4, -0.2) is 36.2 Å². The van der Waals surface area contributed by atoms with Crippen LogP contribution in [0.1, 0.15) is 5.56 Å². The molecule has 1 heterocycles. The molecule has 1 fully saturated rings. The number of piperazine rings is 1. The van der Waals surface area contributed by atoms with Crippen molar-refractivity contribution in [2.24, 2.45) is 0 Å². The second kappa shape index (κ2) is 5.11. The van der Waals surface area contributed by atoms with Gasteiger partial charge in [0.1, 0.15) is 5.69 Å². The molecular weight excluding hydrogens is 222 g/mol. The molecule has 92 valence electrons. The number of aliphatic hydroxyl groups is 1. The van der Waals surface area contributed by atoms with Crippen LogP contribution in [0, 0.1) is 10.1 Å². The van der Waals surface area contributed by atoms with Gasteiger partial charge < -0.3 is 15.3 Å². The van der Waals surface area contributed by atoms with E-state index >= 15 is 0 Å². The highest BCUT2D eigenvalue weighted by molar-refractivity contribution is 5.64. The Morgan fingerprint density at radius 1 is 1.41 bits per heavy atom. The maximum atomic E-state index is 11.0. The summed E-state index contributed by atoms with van der Waals surface area (Å²) in [6.07, 6.45) is 0. The number of nitro groups is 1. The van der Waals surface area contributed by atoms with Crippen LogP contribution < -0.4 is 10.2 Å². The van der Waals surface area contributed by atoms with Crippen LogP contribution in [0.15, 0.2) is 18.2 Å². The number of nitrogens with zero attached hydrogens (tertiary/aromatic N) is 2. The van der Waals surface area contributed by atoms with Crippen molar-refractivity contribution in [3.8, 4) is 0 Å². The second-order valence-electron chi connectivity index (χ2n) is 3.98. The molecule has 6 nitrogen and oxygen atoms in total. The Hall–Kier alpha value is -1.66. The summed E-state index contributed by atoms with van der Waals surface area (Å²) in [5, 5.41) is 23.2. The number of nitrogens with one attached hydrogen (secondary N) is 1. The fourth-order valence-corrected chi connectivity index (χ4v) is 1.99.